The second-order valence-corrected chi connectivity index (χ2v) is 11.1. The third-order valence-electron chi connectivity index (χ3n) is 6.13. The van der Waals surface area contributed by atoms with Gasteiger partial charge in [-0.25, -0.2) is 8.42 Å². The SMILES string of the molecule is CCS(=O)(=O)N1CC(=O)N(c2ccc(Cl)cc2C)[C@](C)(C(=O)NC2CCCCC2)C1. The van der Waals surface area contributed by atoms with Crippen LogP contribution in [0.1, 0.15) is 51.5 Å². The highest BCUT2D eigenvalue weighted by Crippen LogP contribution is 2.34. The number of nitrogens with one attached hydrogen (secondary N) is 1. The Morgan fingerprint density at radius 3 is 2.53 bits per heavy atom. The van der Waals surface area contributed by atoms with Gasteiger partial charge in [-0.3, -0.25) is 14.5 Å². The van der Waals surface area contributed by atoms with Crippen molar-refractivity contribution in [2.45, 2.75) is 64.5 Å². The number of sulfonamides is 1. The first kappa shape index (κ1) is 23.0. The zero-order valence-electron chi connectivity index (χ0n) is 17.8. The number of rotatable bonds is 5. The van der Waals surface area contributed by atoms with E-state index in [9.17, 15) is 18.0 Å². The van der Waals surface area contributed by atoms with Gasteiger partial charge in [0.05, 0.1) is 12.3 Å². The number of carbonyl (C=O) groups is 2. The molecule has 0 radical (unpaired) electrons. The Hall–Kier alpha value is -1.64. The van der Waals surface area contributed by atoms with Crippen molar-refractivity contribution in [3.8, 4) is 0 Å². The molecule has 0 unspecified atom stereocenters. The van der Waals surface area contributed by atoms with E-state index in [1.165, 1.54) is 11.8 Å². The van der Waals surface area contributed by atoms with Crippen LogP contribution in [0.3, 0.4) is 0 Å². The van der Waals surface area contributed by atoms with Crippen molar-refractivity contribution in [1.29, 1.82) is 0 Å². The van der Waals surface area contributed by atoms with Gasteiger partial charge in [0.25, 0.3) is 0 Å². The first-order valence-electron chi connectivity index (χ1n) is 10.5. The average Bonchev–Trinajstić information content (AvgIpc) is 2.69. The van der Waals surface area contributed by atoms with Crippen LogP contribution in [0.15, 0.2) is 18.2 Å². The quantitative estimate of drug-likeness (QED) is 0.739. The minimum Gasteiger partial charge on any atom is -0.351 e. The van der Waals surface area contributed by atoms with Crippen LogP contribution in [0, 0.1) is 6.92 Å². The second-order valence-electron chi connectivity index (χ2n) is 8.41. The van der Waals surface area contributed by atoms with Crippen LogP contribution in [-0.2, 0) is 19.6 Å². The topological polar surface area (TPSA) is 86.8 Å². The Morgan fingerprint density at radius 1 is 1.27 bits per heavy atom. The maximum atomic E-state index is 13.5. The van der Waals surface area contributed by atoms with E-state index < -0.39 is 21.5 Å². The van der Waals surface area contributed by atoms with E-state index in [-0.39, 0.29) is 30.8 Å². The lowest BCUT2D eigenvalue weighted by Gasteiger charge is -2.47. The number of aryl methyl sites for hydroxylation is 1. The molecule has 0 spiro atoms. The summed E-state index contributed by atoms with van der Waals surface area (Å²) < 4.78 is 26.3. The summed E-state index contributed by atoms with van der Waals surface area (Å²) in [7, 11) is -3.63. The summed E-state index contributed by atoms with van der Waals surface area (Å²) in [6.07, 6.45) is 5.05. The van der Waals surface area contributed by atoms with Gasteiger partial charge >= 0.3 is 0 Å². The van der Waals surface area contributed by atoms with Gasteiger partial charge in [0.15, 0.2) is 0 Å². The highest BCUT2D eigenvalue weighted by Gasteiger charge is 2.51. The first-order chi connectivity index (χ1) is 14.1. The molecule has 3 rings (SSSR count). The largest absolute Gasteiger partial charge is 0.351 e. The van der Waals surface area contributed by atoms with Crippen molar-refractivity contribution in [1.82, 2.24) is 9.62 Å². The number of hydrogen-bond donors (Lipinski definition) is 1. The molecule has 1 saturated carbocycles. The number of amides is 2. The van der Waals surface area contributed by atoms with E-state index in [0.29, 0.717) is 10.7 Å². The van der Waals surface area contributed by atoms with Crippen LogP contribution in [-0.4, -0.2) is 55.0 Å². The molecule has 7 nitrogen and oxygen atoms in total. The predicted octanol–water partition coefficient (Wildman–Crippen LogP) is 2.85. The number of benzene rings is 1. The Kier molecular flexibility index (Phi) is 6.79. The van der Waals surface area contributed by atoms with Crippen molar-refractivity contribution in [2.24, 2.45) is 0 Å². The molecule has 2 amide bonds. The molecule has 30 heavy (non-hydrogen) atoms. The Labute approximate surface area is 183 Å². The number of halogens is 1. The van der Waals surface area contributed by atoms with E-state index in [4.69, 9.17) is 11.6 Å². The highest BCUT2D eigenvalue weighted by atomic mass is 35.5. The lowest BCUT2D eigenvalue weighted by molar-refractivity contribution is -0.133. The lowest BCUT2D eigenvalue weighted by Crippen LogP contribution is -2.71. The number of carbonyl (C=O) groups excluding carboxylic acids is 2. The molecule has 1 aliphatic heterocycles. The maximum Gasteiger partial charge on any atom is 0.247 e. The molecule has 0 aromatic heterocycles. The van der Waals surface area contributed by atoms with Crippen molar-refractivity contribution in [3.63, 3.8) is 0 Å². The molecule has 1 atom stereocenters. The van der Waals surface area contributed by atoms with E-state index >= 15 is 0 Å². The van der Waals surface area contributed by atoms with Gasteiger partial charge < -0.3 is 5.32 Å². The van der Waals surface area contributed by atoms with E-state index in [1.54, 1.807) is 25.1 Å². The standard InChI is InChI=1S/C21H30ClN3O4S/c1-4-30(28,29)24-13-19(26)25(18-11-10-16(22)12-15(18)2)21(3,14-24)20(27)23-17-8-6-5-7-9-17/h10-12,17H,4-9,13-14H2,1-3H3,(H,23,27)/t21-/m0/s1. The van der Waals surface area contributed by atoms with E-state index in [2.05, 4.69) is 5.32 Å². The molecule has 1 aliphatic carbocycles. The Balaban J connectivity index is 2.02. The van der Waals surface area contributed by atoms with Crippen LogP contribution >= 0.6 is 11.6 Å². The van der Waals surface area contributed by atoms with Crippen LogP contribution in [0.2, 0.25) is 5.02 Å². The molecule has 1 aromatic rings. The van der Waals surface area contributed by atoms with Crippen LogP contribution in [0.5, 0.6) is 0 Å². The molecule has 1 N–H and O–H groups in total. The third kappa shape index (κ3) is 4.50. The fourth-order valence-corrected chi connectivity index (χ4v) is 5.72. The number of anilines is 1. The summed E-state index contributed by atoms with van der Waals surface area (Å²) in [4.78, 5) is 28.2. The number of piperazine rings is 1. The fourth-order valence-electron chi connectivity index (χ4n) is 4.38. The number of hydrogen-bond acceptors (Lipinski definition) is 4. The minimum atomic E-state index is -3.63. The zero-order valence-corrected chi connectivity index (χ0v) is 19.4. The molecule has 166 valence electrons. The average molecular weight is 456 g/mol. The minimum absolute atomic E-state index is 0.0458. The van der Waals surface area contributed by atoms with Crippen LogP contribution in [0.25, 0.3) is 0 Å². The van der Waals surface area contributed by atoms with E-state index in [0.717, 1.165) is 42.0 Å². The summed E-state index contributed by atoms with van der Waals surface area (Å²) in [6, 6.07) is 5.17. The molecule has 1 heterocycles. The molecule has 1 aromatic carbocycles. The summed E-state index contributed by atoms with van der Waals surface area (Å²) in [5.41, 5.74) is -0.0493. The Morgan fingerprint density at radius 2 is 1.93 bits per heavy atom. The maximum absolute atomic E-state index is 13.5. The molecule has 2 fully saturated rings. The van der Waals surface area contributed by atoms with Gasteiger partial charge in [0.2, 0.25) is 21.8 Å². The highest BCUT2D eigenvalue weighted by molar-refractivity contribution is 7.89. The fraction of sp³-hybridized carbons (Fsp3) is 0.619. The van der Waals surface area contributed by atoms with Crippen molar-refractivity contribution >= 4 is 39.1 Å². The monoisotopic (exact) mass is 455 g/mol. The second kappa shape index (κ2) is 8.85. The third-order valence-corrected chi connectivity index (χ3v) is 8.14. The smallest absolute Gasteiger partial charge is 0.247 e. The van der Waals surface area contributed by atoms with Crippen LogP contribution in [0.4, 0.5) is 5.69 Å². The van der Waals surface area contributed by atoms with Crippen LogP contribution < -0.4 is 10.2 Å². The lowest BCUT2D eigenvalue weighted by atomic mass is 9.91. The summed E-state index contributed by atoms with van der Waals surface area (Å²) in [5.74, 6) is -0.876. The molecular weight excluding hydrogens is 426 g/mol. The Bertz CT molecular complexity index is 930. The predicted molar refractivity (Wildman–Crippen MR) is 118 cm³/mol. The van der Waals surface area contributed by atoms with Gasteiger partial charge in [0, 0.05) is 23.3 Å². The molecule has 1 saturated heterocycles. The normalized spacial score (nSPS) is 24.1. The van der Waals surface area contributed by atoms with Gasteiger partial charge in [-0.1, -0.05) is 30.9 Å². The molecule has 0 bridgehead atoms. The van der Waals surface area contributed by atoms with Gasteiger partial charge in [-0.05, 0) is 57.4 Å². The van der Waals surface area contributed by atoms with Gasteiger partial charge in [0.1, 0.15) is 5.54 Å². The van der Waals surface area contributed by atoms with E-state index in [1.807, 2.05) is 6.92 Å². The van der Waals surface area contributed by atoms with Gasteiger partial charge in [-0.15, -0.1) is 0 Å². The van der Waals surface area contributed by atoms with Gasteiger partial charge in [-0.2, -0.15) is 4.31 Å². The summed E-state index contributed by atoms with van der Waals surface area (Å²) in [5, 5.41) is 3.62. The summed E-state index contributed by atoms with van der Waals surface area (Å²) in [6.45, 7) is 4.63. The van der Waals surface area contributed by atoms with Crippen molar-refractivity contribution < 1.29 is 18.0 Å². The molecule has 9 heteroatoms. The first-order valence-corrected chi connectivity index (χ1v) is 12.4. The molecular formula is C21H30ClN3O4S. The molecule has 2 aliphatic rings. The van der Waals surface area contributed by atoms with Crippen molar-refractivity contribution in [3.05, 3.63) is 28.8 Å². The summed E-state index contributed by atoms with van der Waals surface area (Å²) >= 11 is 6.09. The number of nitrogens with zero attached hydrogens (tertiary/aromatic N) is 2. The van der Waals surface area contributed by atoms with Crippen molar-refractivity contribution in [2.75, 3.05) is 23.7 Å². The zero-order chi connectivity index (χ0) is 22.1.